The van der Waals surface area contributed by atoms with Gasteiger partial charge in [-0.3, -0.25) is 4.79 Å². The van der Waals surface area contributed by atoms with Crippen LogP contribution in [-0.4, -0.2) is 50.9 Å². The fourth-order valence-electron chi connectivity index (χ4n) is 4.15. The van der Waals surface area contributed by atoms with Crippen LogP contribution in [0.4, 0.5) is 11.4 Å². The van der Waals surface area contributed by atoms with Gasteiger partial charge in [0.1, 0.15) is 5.69 Å². The number of nitrogens with two attached hydrogens (primary N) is 1. The molecule has 2 aliphatic rings. The zero-order chi connectivity index (χ0) is 23.5. The van der Waals surface area contributed by atoms with E-state index in [9.17, 15) is 9.35 Å². The third kappa shape index (κ3) is 4.91. The minimum atomic E-state index is -1.12. The van der Waals surface area contributed by atoms with Gasteiger partial charge >= 0.3 is 5.56 Å². The molecule has 1 saturated carbocycles. The summed E-state index contributed by atoms with van der Waals surface area (Å²) in [5.74, 6) is 0.824. The van der Waals surface area contributed by atoms with E-state index < -0.39 is 11.4 Å². The summed E-state index contributed by atoms with van der Waals surface area (Å²) in [6, 6.07) is 16.9. The molecule has 3 aromatic rings. The van der Waals surface area contributed by atoms with Crippen molar-refractivity contribution in [3.63, 3.8) is 0 Å². The second kappa shape index (κ2) is 10.1. The largest absolute Gasteiger partial charge is 0.598 e. The lowest BCUT2D eigenvalue weighted by atomic mass is 9.96. The second-order valence-corrected chi connectivity index (χ2v) is 10.2. The molecule has 0 bridgehead atoms. The van der Waals surface area contributed by atoms with Gasteiger partial charge in [0.2, 0.25) is 5.75 Å². The van der Waals surface area contributed by atoms with Gasteiger partial charge in [-0.05, 0) is 43.5 Å². The molecule has 5 rings (SSSR count). The molecule has 1 aliphatic carbocycles. The third-order valence-corrected chi connectivity index (χ3v) is 7.91. The van der Waals surface area contributed by atoms with E-state index in [1.54, 1.807) is 6.20 Å². The van der Waals surface area contributed by atoms with Gasteiger partial charge < -0.3 is 19.9 Å². The molecule has 0 amide bonds. The monoisotopic (exact) mass is 479 g/mol. The molecule has 9 heteroatoms. The lowest BCUT2D eigenvalue weighted by Gasteiger charge is -2.36. The molecule has 2 fully saturated rings. The highest BCUT2D eigenvalue weighted by Gasteiger charge is 2.30. The Labute approximate surface area is 202 Å². The van der Waals surface area contributed by atoms with Crippen LogP contribution in [0, 0.1) is 0 Å². The molecule has 2 N–H and O–H groups in total. The number of piperazine rings is 1. The number of nitrogens with zero attached hydrogens (tertiary/aromatic N) is 4. The van der Waals surface area contributed by atoms with E-state index in [-0.39, 0.29) is 11.7 Å². The van der Waals surface area contributed by atoms with Gasteiger partial charge in [0, 0.05) is 35.7 Å². The van der Waals surface area contributed by atoms with E-state index in [1.807, 2.05) is 58.9 Å². The first-order chi connectivity index (χ1) is 16.6. The topological polar surface area (TPSA) is 99.7 Å². The van der Waals surface area contributed by atoms with Crippen LogP contribution >= 0.6 is 0 Å². The standard InChI is InChI=1S/C25H29N5O3S/c26-20-11-9-19(10-12-20)18-34(32)29-15-13-28(14-16-29)23-17-27-30(21-5-2-1-3-6-21)25(31)24(23)33-22-7-4-8-22/h1-3,5-6,9-12,17,22H,4,7-8,13-16,18,26H2. The van der Waals surface area contributed by atoms with Crippen LogP contribution in [0.1, 0.15) is 24.8 Å². The number of para-hydroxylation sites is 1. The van der Waals surface area contributed by atoms with E-state index in [0.29, 0.717) is 54.7 Å². The van der Waals surface area contributed by atoms with Gasteiger partial charge in [-0.1, -0.05) is 30.3 Å². The van der Waals surface area contributed by atoms with Gasteiger partial charge in [-0.25, -0.2) is 0 Å². The molecule has 0 radical (unpaired) electrons. The van der Waals surface area contributed by atoms with E-state index in [2.05, 4.69) is 10.00 Å². The summed E-state index contributed by atoms with van der Waals surface area (Å²) >= 11 is -1.12. The van der Waals surface area contributed by atoms with Gasteiger partial charge in [-0.2, -0.15) is 9.78 Å². The van der Waals surface area contributed by atoms with Gasteiger partial charge in [0.25, 0.3) is 0 Å². The summed E-state index contributed by atoms with van der Waals surface area (Å²) < 4.78 is 22.5. The summed E-state index contributed by atoms with van der Waals surface area (Å²) in [4.78, 5) is 15.5. The third-order valence-electron chi connectivity index (χ3n) is 6.39. The van der Waals surface area contributed by atoms with E-state index in [0.717, 1.165) is 24.8 Å². The SMILES string of the molecule is Nc1ccc(C[S+]([O-])N2CCN(c3cnn(-c4ccccc4)c(=O)c3OC3CCC3)CC2)cc1. The Morgan fingerprint density at radius 1 is 1.03 bits per heavy atom. The zero-order valence-electron chi connectivity index (χ0n) is 19.0. The summed E-state index contributed by atoms with van der Waals surface area (Å²) in [6.45, 7) is 2.55. The number of anilines is 2. The number of nitrogen functional groups attached to an aromatic ring is 1. The van der Waals surface area contributed by atoms with Crippen molar-refractivity contribution in [1.29, 1.82) is 0 Å². The van der Waals surface area contributed by atoms with Crippen molar-refractivity contribution in [1.82, 2.24) is 14.1 Å². The molecule has 178 valence electrons. The van der Waals surface area contributed by atoms with Crippen LogP contribution in [0.5, 0.6) is 5.75 Å². The molecule has 1 saturated heterocycles. The van der Waals surface area contributed by atoms with Crippen LogP contribution in [0.2, 0.25) is 0 Å². The first-order valence-corrected chi connectivity index (χ1v) is 12.9. The van der Waals surface area contributed by atoms with E-state index >= 15 is 0 Å². The highest BCUT2D eigenvalue weighted by atomic mass is 32.2. The molecule has 34 heavy (non-hydrogen) atoms. The minimum Gasteiger partial charge on any atom is -0.598 e. The van der Waals surface area contributed by atoms with Crippen molar-refractivity contribution >= 4 is 22.7 Å². The number of hydrogen-bond donors (Lipinski definition) is 1. The Morgan fingerprint density at radius 2 is 1.74 bits per heavy atom. The number of ether oxygens (including phenoxy) is 1. The maximum atomic E-state index is 13.4. The summed E-state index contributed by atoms with van der Waals surface area (Å²) in [7, 11) is 0. The highest BCUT2D eigenvalue weighted by molar-refractivity contribution is 7.88. The average molecular weight is 480 g/mol. The van der Waals surface area contributed by atoms with Crippen LogP contribution in [0.15, 0.2) is 65.6 Å². The Kier molecular flexibility index (Phi) is 6.75. The smallest absolute Gasteiger partial charge is 0.316 e. The number of rotatable bonds is 7. The summed E-state index contributed by atoms with van der Waals surface area (Å²) in [6.07, 6.45) is 4.85. The van der Waals surface area contributed by atoms with E-state index in [1.165, 1.54) is 4.68 Å². The first-order valence-electron chi connectivity index (χ1n) is 11.7. The molecule has 1 unspecified atom stereocenters. The van der Waals surface area contributed by atoms with Gasteiger partial charge in [0.05, 0.1) is 31.1 Å². The van der Waals surface area contributed by atoms with Gasteiger partial charge in [0.15, 0.2) is 5.75 Å². The minimum absolute atomic E-state index is 0.0757. The quantitative estimate of drug-likeness (QED) is 0.411. The maximum absolute atomic E-state index is 13.4. The Hall–Kier alpha value is -3.01. The molecule has 1 aromatic heterocycles. The maximum Gasteiger partial charge on any atom is 0.316 e. The van der Waals surface area contributed by atoms with E-state index in [4.69, 9.17) is 10.5 Å². The van der Waals surface area contributed by atoms with Crippen LogP contribution < -0.4 is 20.9 Å². The molecule has 2 aromatic carbocycles. The Balaban J connectivity index is 1.32. The van der Waals surface area contributed by atoms with Gasteiger partial charge in [-0.15, -0.1) is 4.31 Å². The van der Waals surface area contributed by atoms with Crippen molar-refractivity contribution in [2.24, 2.45) is 0 Å². The molecule has 0 spiro atoms. The van der Waals surface area contributed by atoms with Crippen LogP contribution in [0.25, 0.3) is 5.69 Å². The normalized spacial score (nSPS) is 17.9. The fraction of sp³-hybridized carbons (Fsp3) is 0.360. The molecule has 8 nitrogen and oxygen atoms in total. The molecule has 2 heterocycles. The van der Waals surface area contributed by atoms with Crippen LogP contribution in [-0.2, 0) is 17.1 Å². The second-order valence-electron chi connectivity index (χ2n) is 8.71. The Bertz CT molecular complexity index is 1160. The van der Waals surface area contributed by atoms with Crippen molar-refractivity contribution in [3.05, 3.63) is 76.7 Å². The fourth-order valence-corrected chi connectivity index (χ4v) is 5.38. The van der Waals surface area contributed by atoms with Crippen molar-refractivity contribution in [2.75, 3.05) is 36.8 Å². The van der Waals surface area contributed by atoms with Crippen molar-refractivity contribution in [3.8, 4) is 11.4 Å². The summed E-state index contributed by atoms with van der Waals surface area (Å²) in [5, 5.41) is 4.45. The number of hydrogen-bond acceptors (Lipinski definition) is 7. The molecule has 1 aliphatic heterocycles. The average Bonchev–Trinajstić information content (AvgIpc) is 2.84. The van der Waals surface area contributed by atoms with Crippen LogP contribution in [0.3, 0.4) is 0 Å². The summed E-state index contributed by atoms with van der Waals surface area (Å²) in [5.41, 5.74) is 8.63. The Morgan fingerprint density at radius 3 is 2.38 bits per heavy atom. The molecular formula is C25H29N5O3S. The number of aromatic nitrogens is 2. The van der Waals surface area contributed by atoms with Crippen molar-refractivity contribution in [2.45, 2.75) is 31.1 Å². The number of benzene rings is 2. The molecule has 1 atom stereocenters. The lowest BCUT2D eigenvalue weighted by molar-refractivity contribution is 0.118. The highest BCUT2D eigenvalue weighted by Crippen LogP contribution is 2.31. The zero-order valence-corrected chi connectivity index (χ0v) is 19.8. The first kappa shape index (κ1) is 22.8. The molecular weight excluding hydrogens is 450 g/mol. The lowest BCUT2D eigenvalue weighted by Crippen LogP contribution is -2.49. The van der Waals surface area contributed by atoms with Crippen molar-refractivity contribution < 1.29 is 9.29 Å². The predicted octanol–water partition coefficient (Wildman–Crippen LogP) is 2.73. The predicted molar refractivity (Wildman–Crippen MR) is 135 cm³/mol.